The van der Waals surface area contributed by atoms with Crippen LogP contribution in [0.5, 0.6) is 17.2 Å². The molecular formula is C24H31NO4. The van der Waals surface area contributed by atoms with Gasteiger partial charge in [-0.15, -0.1) is 0 Å². The van der Waals surface area contributed by atoms with Gasteiger partial charge in [-0.25, -0.2) is 0 Å². The number of aryl methyl sites for hydroxylation is 2. The molecular weight excluding hydrogens is 366 g/mol. The van der Waals surface area contributed by atoms with Crippen LogP contribution in [0, 0.1) is 19.8 Å². The van der Waals surface area contributed by atoms with Gasteiger partial charge in [-0.05, 0) is 73.9 Å². The minimum atomic E-state index is 0.245. The van der Waals surface area contributed by atoms with Crippen LogP contribution in [0.4, 0.5) is 0 Å². The highest BCUT2D eigenvalue weighted by atomic mass is 16.6. The van der Waals surface area contributed by atoms with Crippen molar-refractivity contribution in [3.63, 3.8) is 0 Å². The quantitative estimate of drug-likeness (QED) is 0.292. The Morgan fingerprint density at radius 1 is 0.931 bits per heavy atom. The normalized spacial score (nSPS) is 12.3. The third-order valence-electron chi connectivity index (χ3n) is 4.25. The molecule has 1 unspecified atom stereocenters. The maximum atomic E-state index is 6.08. The zero-order valence-corrected chi connectivity index (χ0v) is 18.0. The zero-order chi connectivity index (χ0) is 21.1. The monoisotopic (exact) mass is 397 g/mol. The fraction of sp³-hybridized carbons (Fsp3) is 0.375. The van der Waals surface area contributed by atoms with E-state index in [1.54, 1.807) is 6.21 Å². The standard InChI is InChI=1S/C24H31NO4/c1-6-7-12-27-23-13-19(3)24(20(4)14-23)29-17-18(2)16-28-22-10-8-21(9-11-22)15-25-26-5/h6-11,13-15,18H,12,16-17H2,1-5H3/b7-6+,25-15?. The molecule has 1 atom stereocenters. The molecule has 0 aliphatic heterocycles. The predicted octanol–water partition coefficient (Wildman–Crippen LogP) is 5.33. The number of rotatable bonds is 11. The average Bonchev–Trinajstić information content (AvgIpc) is 2.71. The first kappa shape index (κ1) is 22.3. The third kappa shape index (κ3) is 7.53. The summed E-state index contributed by atoms with van der Waals surface area (Å²) in [7, 11) is 1.52. The van der Waals surface area contributed by atoms with Gasteiger partial charge < -0.3 is 19.0 Å². The van der Waals surface area contributed by atoms with E-state index in [9.17, 15) is 0 Å². The minimum absolute atomic E-state index is 0.245. The average molecular weight is 398 g/mol. The molecule has 0 fully saturated rings. The van der Waals surface area contributed by atoms with Crippen molar-refractivity contribution in [2.24, 2.45) is 11.1 Å². The van der Waals surface area contributed by atoms with E-state index < -0.39 is 0 Å². The smallest absolute Gasteiger partial charge is 0.125 e. The summed E-state index contributed by atoms with van der Waals surface area (Å²) in [6.07, 6.45) is 5.62. The highest BCUT2D eigenvalue weighted by Gasteiger charge is 2.10. The summed E-state index contributed by atoms with van der Waals surface area (Å²) in [5.74, 6) is 2.84. The van der Waals surface area contributed by atoms with Crippen molar-refractivity contribution in [2.75, 3.05) is 26.9 Å². The summed E-state index contributed by atoms with van der Waals surface area (Å²) in [5, 5.41) is 3.74. The van der Waals surface area contributed by atoms with Crippen LogP contribution in [-0.2, 0) is 4.84 Å². The third-order valence-corrected chi connectivity index (χ3v) is 4.25. The number of ether oxygens (including phenoxy) is 3. The first-order valence-corrected chi connectivity index (χ1v) is 9.80. The summed E-state index contributed by atoms with van der Waals surface area (Å²) in [4.78, 5) is 4.68. The van der Waals surface area contributed by atoms with E-state index >= 15 is 0 Å². The molecule has 0 saturated heterocycles. The van der Waals surface area contributed by atoms with Crippen molar-refractivity contribution in [2.45, 2.75) is 27.7 Å². The molecule has 0 aliphatic rings. The van der Waals surface area contributed by atoms with Gasteiger partial charge in [0.15, 0.2) is 0 Å². The van der Waals surface area contributed by atoms with Crippen LogP contribution in [0.1, 0.15) is 30.5 Å². The Hall–Kier alpha value is -2.95. The minimum Gasteiger partial charge on any atom is -0.493 e. The Balaban J connectivity index is 1.84. The van der Waals surface area contributed by atoms with Gasteiger partial charge >= 0.3 is 0 Å². The molecule has 5 nitrogen and oxygen atoms in total. The largest absolute Gasteiger partial charge is 0.493 e. The van der Waals surface area contributed by atoms with Gasteiger partial charge in [0, 0.05) is 5.92 Å². The van der Waals surface area contributed by atoms with E-state index in [1.165, 1.54) is 7.11 Å². The molecule has 2 aromatic rings. The molecule has 0 aliphatic carbocycles. The number of hydrogen-bond acceptors (Lipinski definition) is 5. The molecule has 0 saturated carbocycles. The molecule has 5 heteroatoms. The summed E-state index contributed by atoms with van der Waals surface area (Å²) >= 11 is 0. The maximum absolute atomic E-state index is 6.08. The van der Waals surface area contributed by atoms with Crippen LogP contribution in [0.3, 0.4) is 0 Å². The fourth-order valence-corrected chi connectivity index (χ4v) is 2.74. The van der Waals surface area contributed by atoms with Crippen molar-refractivity contribution in [3.8, 4) is 17.2 Å². The fourth-order valence-electron chi connectivity index (χ4n) is 2.74. The number of benzene rings is 2. The van der Waals surface area contributed by atoms with Crippen molar-refractivity contribution < 1.29 is 19.0 Å². The lowest BCUT2D eigenvalue weighted by molar-refractivity contribution is 0.187. The van der Waals surface area contributed by atoms with Crippen LogP contribution >= 0.6 is 0 Å². The van der Waals surface area contributed by atoms with Crippen LogP contribution in [0.25, 0.3) is 0 Å². The Kier molecular flexibility index (Phi) is 9.09. The van der Waals surface area contributed by atoms with Gasteiger partial charge in [-0.3, -0.25) is 0 Å². The van der Waals surface area contributed by atoms with Crippen molar-refractivity contribution in [3.05, 3.63) is 65.2 Å². The Labute approximate surface area is 173 Å². The van der Waals surface area contributed by atoms with Crippen molar-refractivity contribution >= 4 is 6.21 Å². The van der Waals surface area contributed by atoms with Gasteiger partial charge in [0.1, 0.15) is 31.0 Å². The number of hydrogen-bond donors (Lipinski definition) is 0. The highest BCUT2D eigenvalue weighted by Crippen LogP contribution is 2.29. The molecule has 0 aromatic heterocycles. The lowest BCUT2D eigenvalue weighted by atomic mass is 10.1. The predicted molar refractivity (Wildman–Crippen MR) is 117 cm³/mol. The van der Waals surface area contributed by atoms with E-state index in [0.29, 0.717) is 19.8 Å². The van der Waals surface area contributed by atoms with Crippen LogP contribution < -0.4 is 14.2 Å². The Morgan fingerprint density at radius 2 is 1.59 bits per heavy atom. The van der Waals surface area contributed by atoms with E-state index in [2.05, 4.69) is 16.9 Å². The summed E-state index contributed by atoms with van der Waals surface area (Å²) in [5.41, 5.74) is 3.10. The maximum Gasteiger partial charge on any atom is 0.125 e. The van der Waals surface area contributed by atoms with E-state index in [1.807, 2.05) is 69.3 Å². The molecule has 2 rings (SSSR count). The molecule has 0 heterocycles. The second kappa shape index (κ2) is 11.8. The Bertz CT molecular complexity index is 789. The number of allylic oxidation sites excluding steroid dienone is 1. The van der Waals surface area contributed by atoms with E-state index in [-0.39, 0.29) is 5.92 Å². The van der Waals surface area contributed by atoms with Gasteiger partial charge in [0.25, 0.3) is 0 Å². The molecule has 0 radical (unpaired) electrons. The molecule has 0 bridgehead atoms. The van der Waals surface area contributed by atoms with Gasteiger partial charge in [0.2, 0.25) is 0 Å². The first-order chi connectivity index (χ1) is 14.0. The zero-order valence-electron chi connectivity index (χ0n) is 18.0. The summed E-state index contributed by atoms with van der Waals surface area (Å²) in [6, 6.07) is 11.7. The summed E-state index contributed by atoms with van der Waals surface area (Å²) in [6.45, 7) is 9.91. The molecule has 2 aromatic carbocycles. The second-order valence-corrected chi connectivity index (χ2v) is 6.98. The summed E-state index contributed by atoms with van der Waals surface area (Å²) < 4.78 is 17.7. The molecule has 0 amide bonds. The number of oxime groups is 1. The molecule has 156 valence electrons. The first-order valence-electron chi connectivity index (χ1n) is 9.80. The van der Waals surface area contributed by atoms with Crippen molar-refractivity contribution in [1.29, 1.82) is 0 Å². The highest BCUT2D eigenvalue weighted by molar-refractivity contribution is 5.79. The van der Waals surface area contributed by atoms with Gasteiger partial charge in [-0.1, -0.05) is 24.2 Å². The Morgan fingerprint density at radius 3 is 2.21 bits per heavy atom. The lowest BCUT2D eigenvalue weighted by Crippen LogP contribution is -2.17. The second-order valence-electron chi connectivity index (χ2n) is 6.98. The van der Waals surface area contributed by atoms with Gasteiger partial charge in [-0.2, -0.15) is 0 Å². The van der Waals surface area contributed by atoms with E-state index in [0.717, 1.165) is 33.9 Å². The SMILES string of the molecule is C/C=C/COc1cc(C)c(OCC(C)COc2ccc(C=NOC)cc2)c(C)c1. The molecule has 0 N–H and O–H groups in total. The van der Waals surface area contributed by atoms with Crippen LogP contribution in [-0.4, -0.2) is 33.1 Å². The lowest BCUT2D eigenvalue weighted by Gasteiger charge is -2.18. The van der Waals surface area contributed by atoms with E-state index in [4.69, 9.17) is 14.2 Å². The molecule has 0 spiro atoms. The van der Waals surface area contributed by atoms with Crippen LogP contribution in [0.2, 0.25) is 0 Å². The van der Waals surface area contributed by atoms with Crippen LogP contribution in [0.15, 0.2) is 53.7 Å². The number of nitrogens with zero attached hydrogens (tertiary/aromatic N) is 1. The topological polar surface area (TPSA) is 49.3 Å². The molecule has 29 heavy (non-hydrogen) atoms. The van der Waals surface area contributed by atoms with Crippen molar-refractivity contribution in [1.82, 2.24) is 0 Å². The van der Waals surface area contributed by atoms with Gasteiger partial charge in [0.05, 0.1) is 19.4 Å².